The molecule has 0 heterocycles. The predicted molar refractivity (Wildman–Crippen MR) is 58.0 cm³/mol. The molecular weight excluding hydrogens is 193 g/mol. The second-order valence-corrected chi connectivity index (χ2v) is 3.65. The molecule has 0 radical (unpaired) electrons. The minimum Gasteiger partial charge on any atom is -0.350 e. The van der Waals surface area contributed by atoms with E-state index in [-0.39, 0.29) is 17.8 Å². The van der Waals surface area contributed by atoms with Crippen LogP contribution in [0.5, 0.6) is 0 Å². The van der Waals surface area contributed by atoms with Gasteiger partial charge >= 0.3 is 0 Å². The number of hydrogen-bond donors (Lipinski definition) is 1. The minimum atomic E-state index is -0.231. The molecule has 1 rings (SSSR count). The standard InChI is InChI=1S/C12H16FNO/c1-4-12(15)14-9(3)10-6-5-8(2)11(13)7-10/h5-7,9H,4H2,1-3H3,(H,14,15). The molecule has 0 bridgehead atoms. The third-order valence-corrected chi connectivity index (χ3v) is 2.39. The molecule has 0 aliphatic carbocycles. The Hall–Kier alpha value is -1.38. The largest absolute Gasteiger partial charge is 0.350 e. The normalized spacial score (nSPS) is 12.3. The fraction of sp³-hybridized carbons (Fsp3) is 0.417. The lowest BCUT2D eigenvalue weighted by molar-refractivity contribution is -0.121. The Bertz CT molecular complexity index is 363. The monoisotopic (exact) mass is 209 g/mol. The summed E-state index contributed by atoms with van der Waals surface area (Å²) in [6.07, 6.45) is 0.443. The van der Waals surface area contributed by atoms with Crippen molar-refractivity contribution in [3.05, 3.63) is 35.1 Å². The summed E-state index contributed by atoms with van der Waals surface area (Å²) in [4.78, 5) is 11.1. The van der Waals surface area contributed by atoms with E-state index in [4.69, 9.17) is 0 Å². The zero-order valence-electron chi connectivity index (χ0n) is 9.30. The van der Waals surface area contributed by atoms with Crippen LogP contribution in [0.3, 0.4) is 0 Å². The van der Waals surface area contributed by atoms with E-state index in [1.165, 1.54) is 6.07 Å². The number of nitrogens with one attached hydrogen (secondary N) is 1. The Kier molecular flexibility index (Phi) is 3.83. The van der Waals surface area contributed by atoms with Crippen molar-refractivity contribution in [3.63, 3.8) is 0 Å². The molecule has 3 heteroatoms. The van der Waals surface area contributed by atoms with E-state index >= 15 is 0 Å². The SMILES string of the molecule is CCC(=O)NC(C)c1ccc(C)c(F)c1. The number of rotatable bonds is 3. The lowest BCUT2D eigenvalue weighted by atomic mass is 10.1. The highest BCUT2D eigenvalue weighted by Crippen LogP contribution is 2.16. The molecule has 82 valence electrons. The molecule has 1 unspecified atom stereocenters. The van der Waals surface area contributed by atoms with Crippen LogP contribution in [-0.2, 0) is 4.79 Å². The maximum absolute atomic E-state index is 13.2. The van der Waals surface area contributed by atoms with Crippen LogP contribution in [0.25, 0.3) is 0 Å². The second-order valence-electron chi connectivity index (χ2n) is 3.65. The van der Waals surface area contributed by atoms with Gasteiger partial charge in [0.05, 0.1) is 6.04 Å². The van der Waals surface area contributed by atoms with Crippen molar-refractivity contribution in [3.8, 4) is 0 Å². The Morgan fingerprint density at radius 2 is 2.20 bits per heavy atom. The smallest absolute Gasteiger partial charge is 0.220 e. The van der Waals surface area contributed by atoms with E-state index < -0.39 is 0 Å². The van der Waals surface area contributed by atoms with Crippen LogP contribution in [0.1, 0.15) is 37.4 Å². The average Bonchev–Trinajstić information content (AvgIpc) is 2.21. The summed E-state index contributed by atoms with van der Waals surface area (Å²) in [5, 5.41) is 2.79. The maximum Gasteiger partial charge on any atom is 0.220 e. The number of hydrogen-bond acceptors (Lipinski definition) is 1. The van der Waals surface area contributed by atoms with Crippen LogP contribution >= 0.6 is 0 Å². The molecule has 0 spiro atoms. The molecule has 0 fully saturated rings. The number of carbonyl (C=O) groups is 1. The van der Waals surface area contributed by atoms with Gasteiger partial charge in [-0.15, -0.1) is 0 Å². The fourth-order valence-electron chi connectivity index (χ4n) is 1.31. The molecule has 15 heavy (non-hydrogen) atoms. The molecule has 0 aliphatic heterocycles. The number of amides is 1. The molecule has 1 aromatic rings. The van der Waals surface area contributed by atoms with Gasteiger partial charge in [0.1, 0.15) is 5.82 Å². The Labute approximate surface area is 89.5 Å². The summed E-state index contributed by atoms with van der Waals surface area (Å²) in [6, 6.07) is 4.88. The topological polar surface area (TPSA) is 29.1 Å². The Morgan fingerprint density at radius 1 is 1.53 bits per heavy atom. The number of halogens is 1. The Morgan fingerprint density at radius 3 is 2.73 bits per heavy atom. The van der Waals surface area contributed by atoms with Crippen molar-refractivity contribution >= 4 is 5.91 Å². The third-order valence-electron chi connectivity index (χ3n) is 2.39. The van der Waals surface area contributed by atoms with Gasteiger partial charge in [-0.2, -0.15) is 0 Å². The van der Waals surface area contributed by atoms with Gasteiger partial charge in [-0.3, -0.25) is 4.79 Å². The predicted octanol–water partition coefficient (Wildman–Crippen LogP) is 2.72. The van der Waals surface area contributed by atoms with Gasteiger partial charge in [-0.05, 0) is 31.0 Å². The van der Waals surface area contributed by atoms with Crippen LogP contribution < -0.4 is 5.32 Å². The second kappa shape index (κ2) is 4.91. The van der Waals surface area contributed by atoms with Crippen molar-refractivity contribution in [2.75, 3.05) is 0 Å². The fourth-order valence-corrected chi connectivity index (χ4v) is 1.31. The van der Waals surface area contributed by atoms with E-state index in [0.29, 0.717) is 12.0 Å². The van der Waals surface area contributed by atoms with E-state index in [9.17, 15) is 9.18 Å². The highest BCUT2D eigenvalue weighted by molar-refractivity contribution is 5.75. The van der Waals surface area contributed by atoms with Crippen molar-refractivity contribution in [2.45, 2.75) is 33.2 Å². The first-order valence-corrected chi connectivity index (χ1v) is 5.10. The first kappa shape index (κ1) is 11.7. The lowest BCUT2D eigenvalue weighted by Crippen LogP contribution is -2.25. The molecule has 1 atom stereocenters. The molecule has 0 saturated heterocycles. The zero-order valence-corrected chi connectivity index (χ0v) is 9.30. The van der Waals surface area contributed by atoms with E-state index in [2.05, 4.69) is 5.32 Å². The first-order valence-electron chi connectivity index (χ1n) is 5.10. The summed E-state index contributed by atoms with van der Waals surface area (Å²) in [5.74, 6) is -0.256. The summed E-state index contributed by atoms with van der Waals surface area (Å²) in [7, 11) is 0. The van der Waals surface area contributed by atoms with Crippen LogP contribution in [0, 0.1) is 12.7 Å². The van der Waals surface area contributed by atoms with Gasteiger partial charge in [-0.1, -0.05) is 19.1 Å². The van der Waals surface area contributed by atoms with Crippen molar-refractivity contribution in [2.24, 2.45) is 0 Å². The van der Waals surface area contributed by atoms with Gasteiger partial charge in [-0.25, -0.2) is 4.39 Å². The van der Waals surface area contributed by atoms with E-state index in [1.807, 2.05) is 13.0 Å². The quantitative estimate of drug-likeness (QED) is 0.814. The summed E-state index contributed by atoms with van der Waals surface area (Å²) < 4.78 is 13.2. The highest BCUT2D eigenvalue weighted by Gasteiger charge is 2.09. The maximum atomic E-state index is 13.2. The molecule has 1 N–H and O–H groups in total. The number of benzene rings is 1. The van der Waals surface area contributed by atoms with Gasteiger partial charge in [0.15, 0.2) is 0 Å². The number of aryl methyl sites for hydroxylation is 1. The molecule has 0 saturated carbocycles. The van der Waals surface area contributed by atoms with E-state index in [0.717, 1.165) is 5.56 Å². The molecular formula is C12H16FNO. The molecule has 2 nitrogen and oxygen atoms in total. The van der Waals surface area contributed by atoms with Crippen LogP contribution in [0.15, 0.2) is 18.2 Å². The molecule has 0 aromatic heterocycles. The molecule has 0 aliphatic rings. The third kappa shape index (κ3) is 3.05. The summed E-state index contributed by atoms with van der Waals surface area (Å²) >= 11 is 0. The molecule has 1 amide bonds. The van der Waals surface area contributed by atoms with Gasteiger partial charge in [0, 0.05) is 6.42 Å². The number of carbonyl (C=O) groups excluding carboxylic acids is 1. The Balaban J connectivity index is 2.78. The highest BCUT2D eigenvalue weighted by atomic mass is 19.1. The summed E-state index contributed by atoms with van der Waals surface area (Å²) in [6.45, 7) is 5.35. The minimum absolute atomic E-state index is 0.0246. The van der Waals surface area contributed by atoms with Crippen molar-refractivity contribution in [1.82, 2.24) is 5.32 Å². The van der Waals surface area contributed by atoms with Gasteiger partial charge in [0.25, 0.3) is 0 Å². The van der Waals surface area contributed by atoms with Gasteiger partial charge < -0.3 is 5.32 Å². The van der Waals surface area contributed by atoms with Crippen LogP contribution in [-0.4, -0.2) is 5.91 Å². The summed E-state index contributed by atoms with van der Waals surface area (Å²) in [5.41, 5.74) is 1.41. The average molecular weight is 209 g/mol. The zero-order chi connectivity index (χ0) is 11.4. The lowest BCUT2D eigenvalue weighted by Gasteiger charge is -2.14. The van der Waals surface area contributed by atoms with E-state index in [1.54, 1.807) is 19.9 Å². The van der Waals surface area contributed by atoms with Crippen LogP contribution in [0.4, 0.5) is 4.39 Å². The van der Waals surface area contributed by atoms with Crippen molar-refractivity contribution < 1.29 is 9.18 Å². The van der Waals surface area contributed by atoms with Crippen LogP contribution in [0.2, 0.25) is 0 Å². The molecule has 1 aromatic carbocycles. The van der Waals surface area contributed by atoms with Crippen molar-refractivity contribution in [1.29, 1.82) is 0 Å². The first-order chi connectivity index (χ1) is 7.04. The van der Waals surface area contributed by atoms with Gasteiger partial charge in [0.2, 0.25) is 5.91 Å².